The Morgan fingerprint density at radius 2 is 2.29 bits per heavy atom. The Bertz CT molecular complexity index is 1060. The highest BCUT2D eigenvalue weighted by atomic mass is 32.1. The third-order valence-corrected chi connectivity index (χ3v) is 4.70. The van der Waals surface area contributed by atoms with Gasteiger partial charge in [0, 0.05) is 11.6 Å². The van der Waals surface area contributed by atoms with Gasteiger partial charge in [-0.15, -0.1) is 11.3 Å². The normalized spacial score (nSPS) is 11.4. The van der Waals surface area contributed by atoms with E-state index < -0.39 is 0 Å². The third-order valence-electron chi connectivity index (χ3n) is 3.28. The Morgan fingerprint density at radius 3 is 3.10 bits per heavy atom. The molecule has 5 nitrogen and oxygen atoms in total. The van der Waals surface area contributed by atoms with Crippen molar-refractivity contribution in [1.29, 1.82) is 0 Å². The van der Waals surface area contributed by atoms with Crippen molar-refractivity contribution in [2.45, 2.75) is 6.54 Å². The molecule has 0 bridgehead atoms. The number of furan rings is 1. The zero-order chi connectivity index (χ0) is 14.4. The van der Waals surface area contributed by atoms with Crippen molar-refractivity contribution >= 4 is 44.0 Å². The van der Waals surface area contributed by atoms with Gasteiger partial charge in [-0.05, 0) is 36.5 Å². The number of nitrogens with zero attached hydrogens (tertiary/aromatic N) is 2. The Hall–Kier alpha value is -2.25. The number of aromatic amines is 1. The van der Waals surface area contributed by atoms with E-state index in [2.05, 4.69) is 9.97 Å². The van der Waals surface area contributed by atoms with Crippen LogP contribution in [-0.2, 0) is 6.54 Å². The van der Waals surface area contributed by atoms with Gasteiger partial charge in [-0.2, -0.15) is 0 Å². The molecule has 0 aliphatic heterocycles. The van der Waals surface area contributed by atoms with Crippen molar-refractivity contribution in [2.24, 2.45) is 0 Å². The molecule has 4 rings (SSSR count). The quantitative estimate of drug-likeness (QED) is 0.576. The minimum Gasteiger partial charge on any atom is -0.467 e. The predicted octanol–water partition coefficient (Wildman–Crippen LogP) is 3.31. The molecule has 1 N–H and O–H groups in total. The maximum atomic E-state index is 12.7. The maximum Gasteiger partial charge on any atom is 0.272 e. The number of rotatable bonds is 2. The molecule has 0 aliphatic carbocycles. The summed E-state index contributed by atoms with van der Waals surface area (Å²) in [6, 6.07) is 7.38. The largest absolute Gasteiger partial charge is 0.467 e. The van der Waals surface area contributed by atoms with E-state index in [4.69, 9.17) is 16.6 Å². The lowest BCUT2D eigenvalue weighted by Gasteiger charge is -2.04. The summed E-state index contributed by atoms with van der Waals surface area (Å²) in [5.74, 6) is 0.690. The van der Waals surface area contributed by atoms with E-state index in [0.717, 1.165) is 15.7 Å². The minimum absolute atomic E-state index is 0.117. The first-order valence-electron chi connectivity index (χ1n) is 6.27. The molecule has 4 heterocycles. The molecule has 0 atom stereocenters. The zero-order valence-electron chi connectivity index (χ0n) is 10.7. The van der Waals surface area contributed by atoms with Crippen LogP contribution in [0.4, 0.5) is 0 Å². The van der Waals surface area contributed by atoms with Crippen LogP contribution >= 0.6 is 23.6 Å². The van der Waals surface area contributed by atoms with Crippen LogP contribution in [0.25, 0.3) is 20.4 Å². The van der Waals surface area contributed by atoms with E-state index in [9.17, 15) is 4.79 Å². The molecular weight excluding hydrogens is 306 g/mol. The molecule has 0 radical (unpaired) electrons. The summed E-state index contributed by atoms with van der Waals surface area (Å²) < 4.78 is 7.81. The second kappa shape index (κ2) is 4.64. The van der Waals surface area contributed by atoms with Gasteiger partial charge in [0.1, 0.15) is 15.3 Å². The maximum absolute atomic E-state index is 12.7. The molecule has 0 spiro atoms. The molecule has 0 aliphatic rings. The lowest BCUT2D eigenvalue weighted by atomic mass is 10.3. The van der Waals surface area contributed by atoms with E-state index >= 15 is 0 Å². The van der Waals surface area contributed by atoms with Gasteiger partial charge in [-0.1, -0.05) is 0 Å². The second-order valence-electron chi connectivity index (χ2n) is 4.56. The topological polar surface area (TPSA) is 63.8 Å². The van der Waals surface area contributed by atoms with Crippen LogP contribution in [0.2, 0.25) is 0 Å². The number of fused-ring (bicyclic) bond motifs is 3. The highest BCUT2D eigenvalue weighted by Crippen LogP contribution is 2.28. The molecule has 0 aromatic carbocycles. The summed E-state index contributed by atoms with van der Waals surface area (Å²) in [6.07, 6.45) is 3.29. The van der Waals surface area contributed by atoms with Crippen molar-refractivity contribution in [1.82, 2.24) is 14.5 Å². The molecule has 0 saturated heterocycles. The van der Waals surface area contributed by atoms with Crippen molar-refractivity contribution in [3.05, 3.63) is 57.6 Å². The van der Waals surface area contributed by atoms with Crippen molar-refractivity contribution in [3.63, 3.8) is 0 Å². The molecule has 104 valence electrons. The number of nitrogens with one attached hydrogen (secondary N) is 1. The van der Waals surface area contributed by atoms with Gasteiger partial charge in [0.15, 0.2) is 4.77 Å². The summed E-state index contributed by atoms with van der Waals surface area (Å²) in [5.41, 5.74) is 0.641. The minimum atomic E-state index is -0.117. The Kier molecular flexibility index (Phi) is 2.76. The molecule has 0 unspecified atom stereocenters. The molecule has 0 fully saturated rings. The van der Waals surface area contributed by atoms with Crippen LogP contribution in [0.15, 0.2) is 45.9 Å². The number of aromatic nitrogens is 3. The van der Waals surface area contributed by atoms with Gasteiger partial charge >= 0.3 is 0 Å². The summed E-state index contributed by atoms with van der Waals surface area (Å²) >= 11 is 6.69. The highest BCUT2D eigenvalue weighted by Gasteiger charge is 2.13. The van der Waals surface area contributed by atoms with Gasteiger partial charge in [0.2, 0.25) is 0 Å². The Balaban J connectivity index is 2.03. The van der Waals surface area contributed by atoms with Crippen LogP contribution < -0.4 is 5.56 Å². The zero-order valence-corrected chi connectivity index (χ0v) is 12.3. The monoisotopic (exact) mass is 315 g/mol. The summed E-state index contributed by atoms with van der Waals surface area (Å²) in [5, 5.41) is 0.922. The number of hydrogen-bond donors (Lipinski definition) is 1. The predicted molar refractivity (Wildman–Crippen MR) is 84.4 cm³/mol. The molecule has 4 aromatic heterocycles. The van der Waals surface area contributed by atoms with Gasteiger partial charge < -0.3 is 9.40 Å². The van der Waals surface area contributed by atoms with Crippen molar-refractivity contribution in [3.8, 4) is 0 Å². The number of pyridine rings is 1. The first-order valence-corrected chi connectivity index (χ1v) is 7.49. The van der Waals surface area contributed by atoms with Crippen LogP contribution in [0, 0.1) is 4.77 Å². The molecule has 0 saturated carbocycles. The summed E-state index contributed by atoms with van der Waals surface area (Å²) in [6.45, 7) is 0.318. The molecular formula is C14H9N3O2S2. The molecule has 7 heteroatoms. The van der Waals surface area contributed by atoms with Gasteiger partial charge in [-0.3, -0.25) is 9.36 Å². The molecule has 4 aromatic rings. The fourth-order valence-electron chi connectivity index (χ4n) is 2.30. The van der Waals surface area contributed by atoms with Gasteiger partial charge in [-0.25, -0.2) is 4.98 Å². The standard InChI is InChI=1S/C14H9N3O2S2/c18-13-11-10(9-4-1-5-15-12(9)21-11)16-14(20)17(13)7-8-3-2-6-19-8/h1-6H,7H2,(H,16,20). The smallest absolute Gasteiger partial charge is 0.272 e. The summed E-state index contributed by atoms with van der Waals surface area (Å²) in [4.78, 5) is 20.9. The van der Waals surface area contributed by atoms with Crippen LogP contribution in [-0.4, -0.2) is 14.5 Å². The van der Waals surface area contributed by atoms with Crippen molar-refractivity contribution in [2.75, 3.05) is 0 Å². The summed E-state index contributed by atoms with van der Waals surface area (Å²) in [7, 11) is 0. The second-order valence-corrected chi connectivity index (χ2v) is 5.95. The van der Waals surface area contributed by atoms with E-state index in [1.807, 2.05) is 18.2 Å². The molecule has 0 amide bonds. The highest BCUT2D eigenvalue weighted by molar-refractivity contribution is 7.71. The van der Waals surface area contributed by atoms with Crippen molar-refractivity contribution < 1.29 is 4.42 Å². The van der Waals surface area contributed by atoms with Crippen LogP contribution in [0.5, 0.6) is 0 Å². The number of thiophene rings is 1. The van der Waals surface area contributed by atoms with Crippen LogP contribution in [0.3, 0.4) is 0 Å². The first kappa shape index (κ1) is 12.5. The van der Waals surface area contributed by atoms with Gasteiger partial charge in [0.25, 0.3) is 5.56 Å². The fraction of sp³-hybridized carbons (Fsp3) is 0.0714. The fourth-order valence-corrected chi connectivity index (χ4v) is 3.60. The number of hydrogen-bond acceptors (Lipinski definition) is 5. The SMILES string of the molecule is O=c1c2sc3ncccc3c2[nH]c(=S)n1Cc1ccco1. The Labute approximate surface area is 127 Å². The number of H-pyrrole nitrogens is 1. The first-order chi connectivity index (χ1) is 10.2. The lowest BCUT2D eigenvalue weighted by molar-refractivity contribution is 0.487. The average molecular weight is 315 g/mol. The lowest BCUT2D eigenvalue weighted by Crippen LogP contribution is -2.21. The third kappa shape index (κ3) is 1.93. The molecule has 21 heavy (non-hydrogen) atoms. The van der Waals surface area contributed by atoms with Gasteiger partial charge in [0.05, 0.1) is 18.3 Å². The van der Waals surface area contributed by atoms with E-state index in [0.29, 0.717) is 21.8 Å². The van der Waals surface area contributed by atoms with E-state index in [1.165, 1.54) is 15.9 Å². The van der Waals surface area contributed by atoms with E-state index in [-0.39, 0.29) is 5.56 Å². The average Bonchev–Trinajstić information content (AvgIpc) is 3.11. The van der Waals surface area contributed by atoms with E-state index in [1.54, 1.807) is 18.5 Å². The Morgan fingerprint density at radius 1 is 1.38 bits per heavy atom. The van der Waals surface area contributed by atoms with Crippen LogP contribution in [0.1, 0.15) is 5.76 Å².